The smallest absolute Gasteiger partial charge is 0.252 e. The highest BCUT2D eigenvalue weighted by atomic mass is 16.5. The molecule has 2 rings (SSSR count). The number of rotatable bonds is 7. The maximum absolute atomic E-state index is 11.8. The normalized spacial score (nSPS) is 9.95. The van der Waals surface area contributed by atoms with Crippen LogP contribution in [0.15, 0.2) is 48.7 Å². The van der Waals surface area contributed by atoms with Crippen LogP contribution in [0.25, 0.3) is 0 Å². The third-order valence-corrected chi connectivity index (χ3v) is 2.79. The molecule has 1 aromatic heterocycles. The third kappa shape index (κ3) is 4.77. The van der Waals surface area contributed by atoms with Gasteiger partial charge in [0, 0.05) is 12.7 Å². The second-order valence-corrected chi connectivity index (χ2v) is 4.35. The molecule has 0 saturated carbocycles. The van der Waals surface area contributed by atoms with Crippen molar-refractivity contribution in [3.8, 4) is 5.75 Å². The summed E-state index contributed by atoms with van der Waals surface area (Å²) in [5, 5.41) is 2.81. The van der Waals surface area contributed by atoms with Gasteiger partial charge in [-0.25, -0.2) is 10.8 Å². The minimum absolute atomic E-state index is 0.161. The lowest BCUT2D eigenvalue weighted by Crippen LogP contribution is -2.25. The van der Waals surface area contributed by atoms with E-state index in [0.717, 1.165) is 12.2 Å². The first-order chi connectivity index (χ1) is 10.3. The minimum Gasteiger partial charge on any atom is -0.494 e. The Labute approximate surface area is 123 Å². The molecular formula is C15H18N4O2. The first-order valence-electron chi connectivity index (χ1n) is 6.68. The standard InChI is InChI=1S/C15H18N4O2/c16-19-14-8-7-12(11-18-14)15(20)17-9-4-10-21-13-5-2-1-3-6-13/h1-3,5-8,11H,4,9-10,16H2,(H,17,20)(H,18,19). The van der Waals surface area contributed by atoms with Gasteiger partial charge in [0.25, 0.3) is 5.91 Å². The number of para-hydroxylation sites is 1. The summed E-state index contributed by atoms with van der Waals surface area (Å²) in [5.41, 5.74) is 2.91. The molecule has 4 N–H and O–H groups in total. The number of hydrazine groups is 1. The first-order valence-corrected chi connectivity index (χ1v) is 6.68. The van der Waals surface area contributed by atoms with E-state index in [2.05, 4.69) is 15.7 Å². The third-order valence-electron chi connectivity index (χ3n) is 2.79. The number of anilines is 1. The molecule has 0 aliphatic heterocycles. The Morgan fingerprint density at radius 2 is 2.00 bits per heavy atom. The van der Waals surface area contributed by atoms with Crippen molar-refractivity contribution in [1.29, 1.82) is 0 Å². The molecule has 0 atom stereocenters. The maximum atomic E-state index is 11.8. The summed E-state index contributed by atoms with van der Waals surface area (Å²) in [5.74, 6) is 6.40. The van der Waals surface area contributed by atoms with E-state index in [0.29, 0.717) is 24.5 Å². The molecule has 1 heterocycles. The Bertz CT molecular complexity index is 558. The quantitative estimate of drug-likeness (QED) is 0.408. The Morgan fingerprint density at radius 3 is 2.67 bits per heavy atom. The molecule has 6 nitrogen and oxygen atoms in total. The highest BCUT2D eigenvalue weighted by molar-refractivity contribution is 5.93. The van der Waals surface area contributed by atoms with Crippen molar-refractivity contribution in [3.63, 3.8) is 0 Å². The van der Waals surface area contributed by atoms with Crippen LogP contribution in [-0.2, 0) is 0 Å². The van der Waals surface area contributed by atoms with Crippen LogP contribution < -0.4 is 21.3 Å². The number of carbonyl (C=O) groups excluding carboxylic acids is 1. The summed E-state index contributed by atoms with van der Waals surface area (Å²) in [6.45, 7) is 1.10. The second-order valence-electron chi connectivity index (χ2n) is 4.35. The van der Waals surface area contributed by atoms with E-state index in [1.54, 1.807) is 12.1 Å². The molecule has 1 aromatic carbocycles. The van der Waals surface area contributed by atoms with Crippen molar-refractivity contribution in [2.24, 2.45) is 5.84 Å². The highest BCUT2D eigenvalue weighted by Crippen LogP contribution is 2.08. The van der Waals surface area contributed by atoms with E-state index >= 15 is 0 Å². The number of nitrogen functional groups attached to an aromatic ring is 1. The van der Waals surface area contributed by atoms with E-state index in [1.807, 2.05) is 30.3 Å². The number of nitrogens with zero attached hydrogens (tertiary/aromatic N) is 1. The molecule has 0 saturated heterocycles. The number of nitrogens with one attached hydrogen (secondary N) is 2. The van der Waals surface area contributed by atoms with Gasteiger partial charge in [0.1, 0.15) is 11.6 Å². The lowest BCUT2D eigenvalue weighted by Gasteiger charge is -2.07. The van der Waals surface area contributed by atoms with E-state index < -0.39 is 0 Å². The number of nitrogens with two attached hydrogens (primary N) is 1. The van der Waals surface area contributed by atoms with Gasteiger partial charge < -0.3 is 15.5 Å². The molecule has 0 aliphatic rings. The van der Waals surface area contributed by atoms with Gasteiger partial charge >= 0.3 is 0 Å². The zero-order chi connectivity index (χ0) is 14.9. The molecule has 0 spiro atoms. The van der Waals surface area contributed by atoms with E-state index in [-0.39, 0.29) is 5.91 Å². The number of carbonyl (C=O) groups is 1. The van der Waals surface area contributed by atoms with Crippen LogP contribution in [0.3, 0.4) is 0 Å². The fourth-order valence-electron chi connectivity index (χ4n) is 1.70. The van der Waals surface area contributed by atoms with Gasteiger partial charge in [-0.3, -0.25) is 4.79 Å². The van der Waals surface area contributed by atoms with Crippen molar-refractivity contribution in [2.45, 2.75) is 6.42 Å². The predicted octanol–water partition coefficient (Wildman–Crippen LogP) is 1.57. The van der Waals surface area contributed by atoms with Crippen LogP contribution in [0.5, 0.6) is 5.75 Å². The highest BCUT2D eigenvalue weighted by Gasteiger charge is 2.05. The van der Waals surface area contributed by atoms with Crippen LogP contribution in [-0.4, -0.2) is 24.0 Å². The molecule has 0 fully saturated rings. The number of amides is 1. The second kappa shape index (κ2) is 7.86. The van der Waals surface area contributed by atoms with Gasteiger partial charge in [0.15, 0.2) is 0 Å². The molecule has 0 bridgehead atoms. The van der Waals surface area contributed by atoms with Crippen LogP contribution >= 0.6 is 0 Å². The molecule has 0 radical (unpaired) electrons. The lowest BCUT2D eigenvalue weighted by atomic mass is 10.2. The topological polar surface area (TPSA) is 89.3 Å². The summed E-state index contributed by atoms with van der Waals surface area (Å²) in [4.78, 5) is 15.8. The number of hydrogen-bond acceptors (Lipinski definition) is 5. The van der Waals surface area contributed by atoms with Gasteiger partial charge in [-0.05, 0) is 30.7 Å². The Kier molecular flexibility index (Phi) is 5.54. The Morgan fingerprint density at radius 1 is 1.19 bits per heavy atom. The fraction of sp³-hybridized carbons (Fsp3) is 0.200. The zero-order valence-corrected chi connectivity index (χ0v) is 11.6. The van der Waals surface area contributed by atoms with E-state index in [4.69, 9.17) is 10.6 Å². The van der Waals surface area contributed by atoms with Crippen LogP contribution in [0, 0.1) is 0 Å². The average Bonchev–Trinajstić information content (AvgIpc) is 2.55. The number of aromatic nitrogens is 1. The van der Waals surface area contributed by atoms with E-state index in [1.165, 1.54) is 6.20 Å². The molecule has 2 aromatic rings. The zero-order valence-electron chi connectivity index (χ0n) is 11.6. The summed E-state index contributed by atoms with van der Waals surface area (Å²) >= 11 is 0. The Hall–Kier alpha value is -2.60. The van der Waals surface area contributed by atoms with Crippen LogP contribution in [0.1, 0.15) is 16.8 Å². The van der Waals surface area contributed by atoms with Gasteiger partial charge in [-0.15, -0.1) is 0 Å². The number of hydrogen-bond donors (Lipinski definition) is 3. The number of benzene rings is 1. The Balaban J connectivity index is 1.67. The fourth-order valence-corrected chi connectivity index (χ4v) is 1.70. The van der Waals surface area contributed by atoms with Gasteiger partial charge in [-0.2, -0.15) is 0 Å². The van der Waals surface area contributed by atoms with Gasteiger partial charge in [0.05, 0.1) is 12.2 Å². The monoisotopic (exact) mass is 286 g/mol. The predicted molar refractivity (Wildman–Crippen MR) is 80.9 cm³/mol. The maximum Gasteiger partial charge on any atom is 0.252 e. The summed E-state index contributed by atoms with van der Waals surface area (Å²) < 4.78 is 5.54. The first kappa shape index (κ1) is 14.8. The molecule has 0 unspecified atom stereocenters. The number of pyridine rings is 1. The lowest BCUT2D eigenvalue weighted by molar-refractivity contribution is 0.0951. The summed E-state index contributed by atoms with van der Waals surface area (Å²) in [6.07, 6.45) is 2.21. The van der Waals surface area contributed by atoms with E-state index in [9.17, 15) is 4.79 Å². The van der Waals surface area contributed by atoms with Gasteiger partial charge in [-0.1, -0.05) is 18.2 Å². The van der Waals surface area contributed by atoms with Crippen molar-refractivity contribution < 1.29 is 9.53 Å². The molecule has 6 heteroatoms. The molecule has 21 heavy (non-hydrogen) atoms. The summed E-state index contributed by atoms with van der Waals surface area (Å²) in [7, 11) is 0. The largest absolute Gasteiger partial charge is 0.494 e. The molecule has 0 aliphatic carbocycles. The molecule has 1 amide bonds. The van der Waals surface area contributed by atoms with Crippen molar-refractivity contribution in [3.05, 3.63) is 54.2 Å². The van der Waals surface area contributed by atoms with Crippen molar-refractivity contribution in [1.82, 2.24) is 10.3 Å². The van der Waals surface area contributed by atoms with Crippen LogP contribution in [0.2, 0.25) is 0 Å². The van der Waals surface area contributed by atoms with Gasteiger partial charge in [0.2, 0.25) is 0 Å². The van der Waals surface area contributed by atoms with Crippen molar-refractivity contribution in [2.75, 3.05) is 18.6 Å². The van der Waals surface area contributed by atoms with Crippen LogP contribution in [0.4, 0.5) is 5.82 Å². The average molecular weight is 286 g/mol. The SMILES string of the molecule is NNc1ccc(C(=O)NCCCOc2ccccc2)cn1. The molecular weight excluding hydrogens is 268 g/mol. The van der Waals surface area contributed by atoms with Crippen molar-refractivity contribution >= 4 is 11.7 Å². The minimum atomic E-state index is -0.161. The molecule has 110 valence electrons. The summed E-state index contributed by atoms with van der Waals surface area (Å²) in [6, 6.07) is 12.9. The number of ether oxygens (including phenoxy) is 1.